The van der Waals surface area contributed by atoms with Gasteiger partial charge in [-0.25, -0.2) is 0 Å². The summed E-state index contributed by atoms with van der Waals surface area (Å²) in [6.45, 7) is 4.32. The van der Waals surface area contributed by atoms with E-state index in [1.807, 2.05) is 11.4 Å². The maximum Gasteiger partial charge on any atom is 0.100 e. The highest BCUT2D eigenvalue weighted by atomic mass is 32.1. The van der Waals surface area contributed by atoms with Crippen LogP contribution in [0.5, 0.6) is 0 Å². The van der Waals surface area contributed by atoms with Gasteiger partial charge in [-0.05, 0) is 30.7 Å². The van der Waals surface area contributed by atoms with Crippen molar-refractivity contribution in [3.8, 4) is 6.07 Å². The second-order valence-corrected chi connectivity index (χ2v) is 5.76. The zero-order chi connectivity index (χ0) is 11.4. The molecule has 0 unspecified atom stereocenters. The average Bonchev–Trinajstić information content (AvgIpc) is 2.89. The number of hydrogen-bond acceptors (Lipinski definition) is 3. The van der Waals surface area contributed by atoms with Crippen LogP contribution >= 0.6 is 11.3 Å². The van der Waals surface area contributed by atoms with Gasteiger partial charge in [0.25, 0.3) is 0 Å². The van der Waals surface area contributed by atoms with Gasteiger partial charge in [-0.3, -0.25) is 0 Å². The summed E-state index contributed by atoms with van der Waals surface area (Å²) in [5.74, 6) is 0. The van der Waals surface area contributed by atoms with E-state index in [4.69, 9.17) is 5.26 Å². The molecule has 0 aromatic carbocycles. The van der Waals surface area contributed by atoms with Crippen LogP contribution in [0.1, 0.15) is 43.0 Å². The second-order valence-electron chi connectivity index (χ2n) is 4.77. The summed E-state index contributed by atoms with van der Waals surface area (Å²) in [5, 5.41) is 14.2. The Balaban J connectivity index is 1.74. The zero-order valence-electron chi connectivity index (χ0n) is 9.75. The number of rotatable bonds is 6. The molecule has 1 aliphatic rings. The Hall–Kier alpha value is -0.850. The predicted molar refractivity (Wildman–Crippen MR) is 67.3 cm³/mol. The van der Waals surface area contributed by atoms with Crippen LogP contribution in [-0.4, -0.2) is 6.54 Å². The summed E-state index contributed by atoms with van der Waals surface area (Å²) >= 11 is 1.67. The van der Waals surface area contributed by atoms with Crippen LogP contribution < -0.4 is 5.32 Å². The Morgan fingerprint density at radius 3 is 2.94 bits per heavy atom. The van der Waals surface area contributed by atoms with E-state index in [0.717, 1.165) is 18.7 Å². The number of nitrogens with one attached hydrogen (secondary N) is 1. The summed E-state index contributed by atoms with van der Waals surface area (Å²) < 4.78 is 0. The van der Waals surface area contributed by atoms with Crippen molar-refractivity contribution in [1.29, 1.82) is 5.26 Å². The third-order valence-corrected chi connectivity index (χ3v) is 4.26. The summed E-state index contributed by atoms with van der Waals surface area (Å²) in [6.07, 6.45) is 5.43. The molecule has 16 heavy (non-hydrogen) atoms. The van der Waals surface area contributed by atoms with Gasteiger partial charge in [-0.1, -0.05) is 13.3 Å². The van der Waals surface area contributed by atoms with Crippen LogP contribution in [0.3, 0.4) is 0 Å². The van der Waals surface area contributed by atoms with Gasteiger partial charge in [0, 0.05) is 23.3 Å². The average molecular weight is 234 g/mol. The van der Waals surface area contributed by atoms with E-state index >= 15 is 0 Å². The van der Waals surface area contributed by atoms with Crippen LogP contribution in [0, 0.1) is 16.7 Å². The standard InChI is InChI=1S/C13H18N2S/c1-2-3-13(4-5-13)10-15-8-12-6-11(7-14)9-16-12/h6,9,15H,2-5,8,10H2,1H3. The molecule has 1 fully saturated rings. The van der Waals surface area contributed by atoms with Gasteiger partial charge < -0.3 is 5.32 Å². The molecule has 2 nitrogen and oxygen atoms in total. The Kier molecular flexibility index (Phi) is 3.63. The van der Waals surface area contributed by atoms with Crippen molar-refractivity contribution in [3.63, 3.8) is 0 Å². The first-order valence-electron chi connectivity index (χ1n) is 5.96. The van der Waals surface area contributed by atoms with Crippen molar-refractivity contribution in [2.75, 3.05) is 6.54 Å². The number of nitrogens with zero attached hydrogens (tertiary/aromatic N) is 1. The molecule has 0 aliphatic heterocycles. The van der Waals surface area contributed by atoms with E-state index in [9.17, 15) is 0 Å². The molecule has 1 N–H and O–H groups in total. The molecule has 1 aromatic heterocycles. The van der Waals surface area contributed by atoms with Gasteiger partial charge in [0.15, 0.2) is 0 Å². The molecule has 0 amide bonds. The SMILES string of the molecule is CCCC1(CNCc2cc(C#N)cs2)CC1. The molecule has 1 aromatic rings. The Morgan fingerprint density at radius 1 is 1.56 bits per heavy atom. The highest BCUT2D eigenvalue weighted by molar-refractivity contribution is 7.10. The molecule has 0 radical (unpaired) electrons. The molecule has 1 heterocycles. The van der Waals surface area contributed by atoms with Crippen molar-refractivity contribution in [1.82, 2.24) is 5.32 Å². The minimum absolute atomic E-state index is 0.615. The lowest BCUT2D eigenvalue weighted by atomic mass is 10.0. The van der Waals surface area contributed by atoms with E-state index in [-0.39, 0.29) is 0 Å². The highest BCUT2D eigenvalue weighted by Gasteiger charge is 2.40. The lowest BCUT2D eigenvalue weighted by Gasteiger charge is -2.14. The monoisotopic (exact) mass is 234 g/mol. The normalized spacial score (nSPS) is 17.0. The lowest BCUT2D eigenvalue weighted by molar-refractivity contribution is 0.421. The molecule has 86 valence electrons. The highest BCUT2D eigenvalue weighted by Crippen LogP contribution is 2.48. The minimum atomic E-state index is 0.615. The van der Waals surface area contributed by atoms with Gasteiger partial charge in [0.05, 0.1) is 5.56 Å². The summed E-state index contributed by atoms with van der Waals surface area (Å²) in [6, 6.07) is 4.15. The first-order valence-corrected chi connectivity index (χ1v) is 6.84. The first kappa shape index (κ1) is 11.6. The minimum Gasteiger partial charge on any atom is -0.311 e. The number of thiophene rings is 1. The van der Waals surface area contributed by atoms with Gasteiger partial charge in [-0.15, -0.1) is 11.3 Å². The fraction of sp³-hybridized carbons (Fsp3) is 0.615. The molecule has 0 spiro atoms. The van der Waals surface area contributed by atoms with Crippen LogP contribution in [0.2, 0.25) is 0 Å². The fourth-order valence-electron chi connectivity index (χ4n) is 2.21. The lowest BCUT2D eigenvalue weighted by Crippen LogP contribution is -2.23. The molecular formula is C13H18N2S. The van der Waals surface area contributed by atoms with Crippen molar-refractivity contribution in [2.45, 2.75) is 39.2 Å². The third-order valence-electron chi connectivity index (χ3n) is 3.32. The molecule has 0 bridgehead atoms. The fourth-order valence-corrected chi connectivity index (χ4v) is 2.98. The molecular weight excluding hydrogens is 216 g/mol. The molecule has 0 atom stereocenters. The van der Waals surface area contributed by atoms with Gasteiger partial charge in [0.1, 0.15) is 6.07 Å². The predicted octanol–water partition coefficient (Wildman–Crippen LogP) is 3.29. The van der Waals surface area contributed by atoms with E-state index in [2.05, 4.69) is 18.3 Å². The van der Waals surface area contributed by atoms with Crippen molar-refractivity contribution in [2.24, 2.45) is 5.41 Å². The van der Waals surface area contributed by atoms with Gasteiger partial charge in [0.2, 0.25) is 0 Å². The molecule has 1 aliphatic carbocycles. The number of nitriles is 1. The van der Waals surface area contributed by atoms with Gasteiger partial charge in [-0.2, -0.15) is 5.26 Å². The van der Waals surface area contributed by atoms with Crippen molar-refractivity contribution < 1.29 is 0 Å². The number of hydrogen-bond donors (Lipinski definition) is 1. The molecule has 3 heteroatoms. The van der Waals surface area contributed by atoms with E-state index in [0.29, 0.717) is 5.41 Å². The van der Waals surface area contributed by atoms with Crippen LogP contribution in [0.15, 0.2) is 11.4 Å². The van der Waals surface area contributed by atoms with Crippen molar-refractivity contribution >= 4 is 11.3 Å². The second kappa shape index (κ2) is 4.99. The quantitative estimate of drug-likeness (QED) is 0.820. The maximum atomic E-state index is 8.72. The summed E-state index contributed by atoms with van der Waals surface area (Å²) in [7, 11) is 0. The van der Waals surface area contributed by atoms with E-state index in [1.54, 1.807) is 11.3 Å². The zero-order valence-corrected chi connectivity index (χ0v) is 10.6. The molecule has 2 rings (SSSR count). The molecule has 1 saturated carbocycles. The van der Waals surface area contributed by atoms with E-state index < -0.39 is 0 Å². The third kappa shape index (κ3) is 2.84. The Bertz CT molecular complexity index is 385. The Morgan fingerprint density at radius 2 is 2.38 bits per heavy atom. The summed E-state index contributed by atoms with van der Waals surface area (Å²) in [4.78, 5) is 1.27. The van der Waals surface area contributed by atoms with E-state index in [1.165, 1.54) is 30.6 Å². The van der Waals surface area contributed by atoms with Crippen LogP contribution in [0.4, 0.5) is 0 Å². The Labute approximate surface area is 101 Å². The largest absolute Gasteiger partial charge is 0.311 e. The van der Waals surface area contributed by atoms with Crippen LogP contribution in [0.25, 0.3) is 0 Å². The topological polar surface area (TPSA) is 35.8 Å². The molecule has 0 saturated heterocycles. The first-order chi connectivity index (χ1) is 7.78. The van der Waals surface area contributed by atoms with Crippen LogP contribution in [-0.2, 0) is 6.54 Å². The summed E-state index contributed by atoms with van der Waals surface area (Å²) in [5.41, 5.74) is 1.40. The smallest absolute Gasteiger partial charge is 0.100 e. The maximum absolute atomic E-state index is 8.72. The van der Waals surface area contributed by atoms with Crippen molar-refractivity contribution in [3.05, 3.63) is 21.9 Å². The van der Waals surface area contributed by atoms with Gasteiger partial charge >= 0.3 is 0 Å².